The second-order valence-electron chi connectivity index (χ2n) is 4.95. The smallest absolute Gasteiger partial charge is 0.285 e. The lowest BCUT2D eigenvalue weighted by atomic mass is 9.95. The van der Waals surface area contributed by atoms with Crippen molar-refractivity contribution in [2.24, 2.45) is 17.6 Å². The van der Waals surface area contributed by atoms with Gasteiger partial charge in [0.2, 0.25) is 5.91 Å². The molecule has 0 saturated heterocycles. The zero-order valence-corrected chi connectivity index (χ0v) is 12.4. The Hall–Kier alpha value is -1.47. The number of hydrogen-bond donors (Lipinski definition) is 2. The maximum Gasteiger partial charge on any atom is 0.285 e. The highest BCUT2D eigenvalue weighted by Crippen LogP contribution is 2.33. The van der Waals surface area contributed by atoms with E-state index in [-0.39, 0.29) is 23.4 Å². The highest BCUT2D eigenvalue weighted by atomic mass is 79.9. The SMILES string of the molecule is NCC1CCCC1C(=O)Nc1ccc(Br)c([N+](=O)[O-])c1. The summed E-state index contributed by atoms with van der Waals surface area (Å²) in [5.41, 5.74) is 6.04. The normalized spacial score (nSPS) is 21.7. The van der Waals surface area contributed by atoms with Gasteiger partial charge in [0.05, 0.1) is 9.40 Å². The summed E-state index contributed by atoms with van der Waals surface area (Å²) in [5, 5.41) is 13.6. The largest absolute Gasteiger partial charge is 0.330 e. The lowest BCUT2D eigenvalue weighted by Crippen LogP contribution is -2.29. The Kier molecular flexibility index (Phi) is 4.72. The van der Waals surface area contributed by atoms with Crippen molar-refractivity contribution in [1.82, 2.24) is 0 Å². The predicted molar refractivity (Wildman–Crippen MR) is 79.3 cm³/mol. The summed E-state index contributed by atoms with van der Waals surface area (Å²) < 4.78 is 0.390. The Labute approximate surface area is 125 Å². The highest BCUT2D eigenvalue weighted by molar-refractivity contribution is 9.10. The molecule has 1 aromatic carbocycles. The van der Waals surface area contributed by atoms with Crippen LogP contribution in [0, 0.1) is 22.0 Å². The van der Waals surface area contributed by atoms with Crippen LogP contribution >= 0.6 is 15.9 Å². The number of nitrogens with one attached hydrogen (secondary N) is 1. The van der Waals surface area contributed by atoms with Gasteiger partial charge >= 0.3 is 0 Å². The molecule has 1 aromatic rings. The molecule has 0 spiro atoms. The van der Waals surface area contributed by atoms with E-state index in [1.165, 1.54) is 6.07 Å². The molecule has 2 rings (SSSR count). The van der Waals surface area contributed by atoms with E-state index in [1.807, 2.05) is 0 Å². The molecule has 1 aliphatic carbocycles. The first-order valence-corrected chi connectivity index (χ1v) is 7.27. The highest BCUT2D eigenvalue weighted by Gasteiger charge is 2.32. The number of nitro groups is 1. The molecule has 2 atom stereocenters. The molecule has 7 heteroatoms. The molecule has 20 heavy (non-hydrogen) atoms. The Balaban J connectivity index is 2.12. The fourth-order valence-corrected chi connectivity index (χ4v) is 3.02. The van der Waals surface area contributed by atoms with Gasteiger partial charge in [-0.1, -0.05) is 6.42 Å². The minimum Gasteiger partial charge on any atom is -0.330 e. The van der Waals surface area contributed by atoms with Crippen molar-refractivity contribution in [2.45, 2.75) is 19.3 Å². The molecule has 0 heterocycles. The zero-order valence-electron chi connectivity index (χ0n) is 10.8. The van der Waals surface area contributed by atoms with Gasteiger partial charge in [0.15, 0.2) is 0 Å². The van der Waals surface area contributed by atoms with Crippen molar-refractivity contribution in [3.63, 3.8) is 0 Å². The number of rotatable bonds is 4. The van der Waals surface area contributed by atoms with E-state index < -0.39 is 4.92 Å². The zero-order chi connectivity index (χ0) is 14.7. The third kappa shape index (κ3) is 3.16. The van der Waals surface area contributed by atoms with E-state index in [2.05, 4.69) is 21.2 Å². The van der Waals surface area contributed by atoms with E-state index in [0.29, 0.717) is 16.7 Å². The van der Waals surface area contributed by atoms with Crippen LogP contribution in [0.1, 0.15) is 19.3 Å². The molecule has 1 aliphatic rings. The lowest BCUT2D eigenvalue weighted by Gasteiger charge is -2.17. The van der Waals surface area contributed by atoms with E-state index in [1.54, 1.807) is 12.1 Å². The summed E-state index contributed by atoms with van der Waals surface area (Å²) in [7, 11) is 0. The van der Waals surface area contributed by atoms with E-state index in [4.69, 9.17) is 5.73 Å². The van der Waals surface area contributed by atoms with Gasteiger partial charge in [0.25, 0.3) is 5.69 Å². The molecule has 1 amide bonds. The van der Waals surface area contributed by atoms with E-state index in [9.17, 15) is 14.9 Å². The molecule has 108 valence electrons. The van der Waals surface area contributed by atoms with E-state index >= 15 is 0 Å². The standard InChI is InChI=1S/C13H16BrN3O3/c14-11-5-4-9(6-12(11)17(19)20)16-13(18)10-3-1-2-8(10)7-15/h4-6,8,10H,1-3,7,15H2,(H,16,18). The number of halogens is 1. The van der Waals surface area contributed by atoms with Crippen LogP contribution in [0.15, 0.2) is 22.7 Å². The number of benzene rings is 1. The van der Waals surface area contributed by atoms with Gasteiger partial charge in [-0.2, -0.15) is 0 Å². The third-order valence-electron chi connectivity index (χ3n) is 3.71. The number of amides is 1. The number of carbonyl (C=O) groups is 1. The van der Waals surface area contributed by atoms with Gasteiger partial charge < -0.3 is 11.1 Å². The van der Waals surface area contributed by atoms with Gasteiger partial charge in [-0.15, -0.1) is 0 Å². The second kappa shape index (κ2) is 6.32. The van der Waals surface area contributed by atoms with Crippen LogP contribution in [-0.4, -0.2) is 17.4 Å². The molecular weight excluding hydrogens is 326 g/mol. The van der Waals surface area contributed by atoms with Gasteiger partial charge in [-0.3, -0.25) is 14.9 Å². The maximum atomic E-state index is 12.2. The van der Waals surface area contributed by atoms with Crippen molar-refractivity contribution >= 4 is 33.2 Å². The van der Waals surface area contributed by atoms with Crippen molar-refractivity contribution in [1.29, 1.82) is 0 Å². The Morgan fingerprint density at radius 1 is 1.50 bits per heavy atom. The molecule has 0 aliphatic heterocycles. The summed E-state index contributed by atoms with van der Waals surface area (Å²) in [6.45, 7) is 0.499. The van der Waals surface area contributed by atoms with Crippen LogP contribution in [-0.2, 0) is 4.79 Å². The number of nitrogens with two attached hydrogens (primary N) is 1. The van der Waals surface area contributed by atoms with Crippen molar-refractivity contribution in [3.05, 3.63) is 32.8 Å². The molecule has 1 fully saturated rings. The van der Waals surface area contributed by atoms with E-state index in [0.717, 1.165) is 19.3 Å². The molecular formula is C13H16BrN3O3. The molecule has 6 nitrogen and oxygen atoms in total. The summed E-state index contributed by atoms with van der Waals surface area (Å²) in [6.07, 6.45) is 2.79. The quantitative estimate of drug-likeness (QED) is 0.649. The number of hydrogen-bond acceptors (Lipinski definition) is 4. The van der Waals surface area contributed by atoms with Crippen LogP contribution in [0.25, 0.3) is 0 Å². The Morgan fingerprint density at radius 2 is 2.25 bits per heavy atom. The average molecular weight is 342 g/mol. The predicted octanol–water partition coefficient (Wildman–Crippen LogP) is 2.67. The Bertz CT molecular complexity index is 536. The molecule has 0 radical (unpaired) electrons. The van der Waals surface area contributed by atoms with Gasteiger partial charge in [0, 0.05) is 17.7 Å². The summed E-state index contributed by atoms with van der Waals surface area (Å²) >= 11 is 3.11. The summed E-state index contributed by atoms with van der Waals surface area (Å²) in [5.74, 6) is 0.0118. The number of carbonyl (C=O) groups excluding carboxylic acids is 1. The fraction of sp³-hybridized carbons (Fsp3) is 0.462. The average Bonchev–Trinajstić information content (AvgIpc) is 2.89. The first-order valence-electron chi connectivity index (χ1n) is 6.47. The lowest BCUT2D eigenvalue weighted by molar-refractivity contribution is -0.385. The first kappa shape index (κ1) is 14.9. The minimum absolute atomic E-state index is 0.0652. The van der Waals surface area contributed by atoms with Gasteiger partial charge in [0.1, 0.15) is 0 Å². The van der Waals surface area contributed by atoms with Gasteiger partial charge in [-0.25, -0.2) is 0 Å². The van der Waals surface area contributed by atoms with Crippen LogP contribution in [0.4, 0.5) is 11.4 Å². The van der Waals surface area contributed by atoms with Crippen LogP contribution in [0.2, 0.25) is 0 Å². The van der Waals surface area contributed by atoms with Crippen molar-refractivity contribution < 1.29 is 9.72 Å². The van der Waals surface area contributed by atoms with Crippen LogP contribution in [0.5, 0.6) is 0 Å². The molecule has 1 saturated carbocycles. The molecule has 0 aromatic heterocycles. The molecule has 3 N–H and O–H groups in total. The molecule has 0 bridgehead atoms. The molecule has 2 unspecified atom stereocenters. The number of anilines is 1. The minimum atomic E-state index is -0.488. The number of nitro benzene ring substituents is 1. The van der Waals surface area contributed by atoms with Crippen LogP contribution in [0.3, 0.4) is 0 Å². The van der Waals surface area contributed by atoms with Crippen LogP contribution < -0.4 is 11.1 Å². The monoisotopic (exact) mass is 341 g/mol. The maximum absolute atomic E-state index is 12.2. The summed E-state index contributed by atoms with van der Waals surface area (Å²) in [4.78, 5) is 22.6. The fourth-order valence-electron chi connectivity index (χ4n) is 2.63. The van der Waals surface area contributed by atoms with Crippen molar-refractivity contribution in [2.75, 3.05) is 11.9 Å². The first-order chi connectivity index (χ1) is 9.52. The third-order valence-corrected chi connectivity index (χ3v) is 4.38. The topological polar surface area (TPSA) is 98.3 Å². The second-order valence-corrected chi connectivity index (χ2v) is 5.80. The summed E-state index contributed by atoms with van der Waals surface area (Å²) in [6, 6.07) is 4.55. The number of nitrogens with zero attached hydrogens (tertiary/aromatic N) is 1. The van der Waals surface area contributed by atoms with Gasteiger partial charge in [-0.05, 0) is 53.4 Å². The Morgan fingerprint density at radius 3 is 2.90 bits per heavy atom. The van der Waals surface area contributed by atoms with Crippen molar-refractivity contribution in [3.8, 4) is 0 Å².